The summed E-state index contributed by atoms with van der Waals surface area (Å²) in [4.78, 5) is 23.3. The molecule has 0 aromatic heterocycles. The number of nitrogens with one attached hydrogen (secondary N) is 1. The smallest absolute Gasteiger partial charge is 0.408 e. The van der Waals surface area contributed by atoms with Crippen molar-refractivity contribution in [2.45, 2.75) is 59.3 Å². The molecule has 2 atom stereocenters. The number of hydrogen-bond donors (Lipinski definition) is 2. The predicted molar refractivity (Wildman–Crippen MR) is 64.7 cm³/mol. The van der Waals surface area contributed by atoms with E-state index in [2.05, 4.69) is 5.32 Å². The van der Waals surface area contributed by atoms with Crippen LogP contribution < -0.4 is 5.32 Å². The van der Waals surface area contributed by atoms with E-state index in [-0.39, 0.29) is 11.7 Å². The summed E-state index contributed by atoms with van der Waals surface area (Å²) in [6.45, 7) is 10.1. The molecule has 1 amide bonds. The molecule has 0 rings (SSSR count). The van der Waals surface area contributed by atoms with Crippen LogP contribution in [0.1, 0.15) is 41.5 Å². The summed E-state index contributed by atoms with van der Waals surface area (Å²) in [5.41, 5.74) is -0.631. The van der Waals surface area contributed by atoms with Gasteiger partial charge in [0, 0.05) is 5.92 Å². The maximum absolute atomic E-state index is 11.8. The molecule has 0 aliphatic rings. The Labute approximate surface area is 103 Å². The lowest BCUT2D eigenvalue weighted by Crippen LogP contribution is -2.50. The first-order valence-electron chi connectivity index (χ1n) is 5.76. The Hall–Kier alpha value is -1.10. The fourth-order valence-electron chi connectivity index (χ4n) is 1.22. The maximum atomic E-state index is 11.8. The van der Waals surface area contributed by atoms with Crippen molar-refractivity contribution in [1.29, 1.82) is 0 Å². The topological polar surface area (TPSA) is 75.6 Å². The van der Waals surface area contributed by atoms with E-state index in [1.54, 1.807) is 34.6 Å². The summed E-state index contributed by atoms with van der Waals surface area (Å²) in [7, 11) is 0. The number of ketones is 1. The number of alkyl carbamates (subject to hydrolysis) is 1. The minimum Gasteiger partial charge on any atom is -0.444 e. The number of Topliss-reactive ketones (excluding diaryl/α,β-unsaturated/α-hetero) is 1. The summed E-state index contributed by atoms with van der Waals surface area (Å²) in [6, 6.07) is -0.926. The van der Waals surface area contributed by atoms with Crippen molar-refractivity contribution in [1.82, 2.24) is 5.32 Å². The van der Waals surface area contributed by atoms with Crippen LogP contribution in [-0.4, -0.2) is 34.7 Å². The maximum Gasteiger partial charge on any atom is 0.408 e. The van der Waals surface area contributed by atoms with Gasteiger partial charge >= 0.3 is 6.09 Å². The van der Waals surface area contributed by atoms with Crippen LogP contribution >= 0.6 is 0 Å². The lowest BCUT2D eigenvalue weighted by atomic mass is 9.98. The van der Waals surface area contributed by atoms with Gasteiger partial charge < -0.3 is 15.2 Å². The number of hydrogen-bond acceptors (Lipinski definition) is 4. The molecule has 0 spiro atoms. The van der Waals surface area contributed by atoms with Crippen LogP contribution in [0.3, 0.4) is 0 Å². The van der Waals surface area contributed by atoms with Gasteiger partial charge in [0.2, 0.25) is 0 Å². The average molecular weight is 245 g/mol. The van der Waals surface area contributed by atoms with Crippen molar-refractivity contribution < 1.29 is 19.4 Å². The molecule has 0 bridgehead atoms. The Morgan fingerprint density at radius 3 is 1.94 bits per heavy atom. The molecule has 0 aromatic carbocycles. The zero-order valence-electron chi connectivity index (χ0n) is 11.4. The summed E-state index contributed by atoms with van der Waals surface area (Å²) in [6.07, 6.45) is -1.64. The Balaban J connectivity index is 4.57. The molecule has 0 heterocycles. The van der Waals surface area contributed by atoms with Gasteiger partial charge in [0.05, 0.1) is 6.10 Å². The van der Waals surface area contributed by atoms with E-state index in [4.69, 9.17) is 4.74 Å². The highest BCUT2D eigenvalue weighted by Gasteiger charge is 2.29. The molecule has 5 heteroatoms. The molecule has 0 saturated carbocycles. The van der Waals surface area contributed by atoms with E-state index >= 15 is 0 Å². The Bertz CT molecular complexity index is 279. The largest absolute Gasteiger partial charge is 0.444 e. The van der Waals surface area contributed by atoms with Crippen LogP contribution in [0.15, 0.2) is 0 Å². The van der Waals surface area contributed by atoms with E-state index in [0.29, 0.717) is 0 Å². The molecule has 17 heavy (non-hydrogen) atoms. The van der Waals surface area contributed by atoms with Crippen molar-refractivity contribution >= 4 is 11.9 Å². The molecular weight excluding hydrogens is 222 g/mol. The average Bonchev–Trinajstić information content (AvgIpc) is 2.09. The first-order valence-corrected chi connectivity index (χ1v) is 5.76. The van der Waals surface area contributed by atoms with Crippen LogP contribution in [0.2, 0.25) is 0 Å². The minimum atomic E-state index is -0.947. The lowest BCUT2D eigenvalue weighted by Gasteiger charge is -2.25. The third-order valence-corrected chi connectivity index (χ3v) is 2.03. The normalized spacial score (nSPS) is 15.3. The zero-order chi connectivity index (χ0) is 13.8. The third kappa shape index (κ3) is 6.26. The fraction of sp³-hybridized carbons (Fsp3) is 0.833. The van der Waals surface area contributed by atoms with Crippen molar-refractivity contribution in [3.63, 3.8) is 0 Å². The van der Waals surface area contributed by atoms with Crippen molar-refractivity contribution in [2.75, 3.05) is 0 Å². The Kier molecular flexibility index (Phi) is 5.61. The first-order chi connectivity index (χ1) is 7.54. The fourth-order valence-corrected chi connectivity index (χ4v) is 1.22. The van der Waals surface area contributed by atoms with Gasteiger partial charge in [-0.1, -0.05) is 13.8 Å². The third-order valence-electron chi connectivity index (χ3n) is 2.03. The zero-order valence-corrected chi connectivity index (χ0v) is 11.4. The van der Waals surface area contributed by atoms with E-state index in [1.165, 1.54) is 6.92 Å². The number of carbonyl (C=O) groups excluding carboxylic acids is 2. The summed E-state index contributed by atoms with van der Waals surface area (Å²) < 4.78 is 5.03. The van der Waals surface area contributed by atoms with Gasteiger partial charge in [-0.2, -0.15) is 0 Å². The van der Waals surface area contributed by atoms with Gasteiger partial charge in [0.25, 0.3) is 0 Å². The molecule has 0 saturated heterocycles. The molecule has 0 radical (unpaired) electrons. The quantitative estimate of drug-likeness (QED) is 0.786. The molecule has 100 valence electrons. The highest BCUT2D eigenvalue weighted by Crippen LogP contribution is 2.09. The second kappa shape index (κ2) is 6.00. The number of aliphatic hydroxyl groups excluding tert-OH is 1. The van der Waals surface area contributed by atoms with Crippen LogP contribution in [0, 0.1) is 5.92 Å². The first kappa shape index (κ1) is 15.9. The number of ether oxygens (including phenoxy) is 1. The standard InChI is InChI=1S/C12H23NO4/c1-7(2)10(15)9(8(3)14)13-11(16)17-12(4,5)6/h7-9,14H,1-6H3,(H,13,16)/t8-,9+/m1/s1. The number of carbonyl (C=O) groups is 2. The summed E-state index contributed by atoms with van der Waals surface area (Å²) in [5, 5.41) is 11.9. The molecule has 5 nitrogen and oxygen atoms in total. The van der Waals surface area contributed by atoms with Crippen LogP contribution in [0.5, 0.6) is 0 Å². The van der Waals surface area contributed by atoms with Crippen LogP contribution in [0.25, 0.3) is 0 Å². The van der Waals surface area contributed by atoms with Gasteiger partial charge in [-0.25, -0.2) is 4.79 Å². The number of rotatable bonds is 4. The lowest BCUT2D eigenvalue weighted by molar-refractivity contribution is -0.126. The van der Waals surface area contributed by atoms with Crippen molar-refractivity contribution in [3.8, 4) is 0 Å². The molecule has 0 unspecified atom stereocenters. The van der Waals surface area contributed by atoms with Gasteiger partial charge in [-0.15, -0.1) is 0 Å². The summed E-state index contributed by atoms with van der Waals surface area (Å²) in [5.74, 6) is -0.476. The number of aliphatic hydroxyl groups is 1. The van der Waals surface area contributed by atoms with Gasteiger partial charge in [-0.3, -0.25) is 4.79 Å². The molecule has 0 fully saturated rings. The highest BCUT2D eigenvalue weighted by molar-refractivity contribution is 5.89. The van der Waals surface area contributed by atoms with E-state index in [1.807, 2.05) is 0 Å². The molecule has 0 aliphatic heterocycles. The van der Waals surface area contributed by atoms with Crippen LogP contribution in [0.4, 0.5) is 4.79 Å². The van der Waals surface area contributed by atoms with Crippen molar-refractivity contribution in [3.05, 3.63) is 0 Å². The van der Waals surface area contributed by atoms with E-state index < -0.39 is 23.8 Å². The molecule has 2 N–H and O–H groups in total. The Morgan fingerprint density at radius 2 is 1.65 bits per heavy atom. The Morgan fingerprint density at radius 1 is 1.18 bits per heavy atom. The van der Waals surface area contributed by atoms with Gasteiger partial charge in [-0.05, 0) is 27.7 Å². The predicted octanol–water partition coefficient (Wildman–Crippen LogP) is 1.49. The van der Waals surface area contributed by atoms with E-state index in [9.17, 15) is 14.7 Å². The van der Waals surface area contributed by atoms with Gasteiger partial charge in [0.1, 0.15) is 11.6 Å². The van der Waals surface area contributed by atoms with Crippen LogP contribution in [-0.2, 0) is 9.53 Å². The highest BCUT2D eigenvalue weighted by atomic mass is 16.6. The molecule has 0 aliphatic carbocycles. The molecule has 0 aromatic rings. The second-order valence-corrected chi connectivity index (χ2v) is 5.42. The minimum absolute atomic E-state index is 0.217. The second-order valence-electron chi connectivity index (χ2n) is 5.42. The van der Waals surface area contributed by atoms with E-state index in [0.717, 1.165) is 0 Å². The molecular formula is C12H23NO4. The van der Waals surface area contributed by atoms with Crippen molar-refractivity contribution in [2.24, 2.45) is 5.92 Å². The monoisotopic (exact) mass is 245 g/mol. The van der Waals surface area contributed by atoms with Gasteiger partial charge in [0.15, 0.2) is 5.78 Å². The SMILES string of the molecule is CC(C)C(=O)[C@@H](NC(=O)OC(C)(C)C)[C@@H](C)O. The number of amides is 1. The summed E-state index contributed by atoms with van der Waals surface area (Å²) >= 11 is 0.